The largest absolute Gasteiger partial charge is 0.508 e. The number of phenols is 1. The van der Waals surface area contributed by atoms with Gasteiger partial charge in [0.15, 0.2) is 0 Å². The normalized spacial score (nSPS) is 14.1. The van der Waals surface area contributed by atoms with Crippen LogP contribution in [-0.4, -0.2) is 5.11 Å². The van der Waals surface area contributed by atoms with Gasteiger partial charge in [0.05, 0.1) is 0 Å². The zero-order chi connectivity index (χ0) is 13.2. The van der Waals surface area contributed by atoms with Crippen LogP contribution in [0.25, 0.3) is 0 Å². The van der Waals surface area contributed by atoms with Crippen LogP contribution < -0.4 is 0 Å². The van der Waals surface area contributed by atoms with E-state index in [4.69, 9.17) is 0 Å². The van der Waals surface area contributed by atoms with Gasteiger partial charge in [-0.25, -0.2) is 0 Å². The maximum atomic E-state index is 9.61. The van der Waals surface area contributed by atoms with Crippen LogP contribution in [0.3, 0.4) is 0 Å². The Labute approximate surface area is 106 Å². The molecule has 0 saturated carbocycles. The average molecular weight is 234 g/mol. The summed E-state index contributed by atoms with van der Waals surface area (Å²) in [5.41, 5.74) is 2.58. The minimum Gasteiger partial charge on any atom is -0.508 e. The van der Waals surface area contributed by atoms with Gasteiger partial charge < -0.3 is 5.11 Å². The predicted octanol–water partition coefficient (Wildman–Crippen LogP) is 4.88. The van der Waals surface area contributed by atoms with E-state index < -0.39 is 0 Å². The van der Waals surface area contributed by atoms with Gasteiger partial charge in [0.25, 0.3) is 0 Å². The van der Waals surface area contributed by atoms with Crippen molar-refractivity contribution in [3.8, 4) is 5.75 Å². The van der Waals surface area contributed by atoms with E-state index in [2.05, 4.69) is 46.8 Å². The van der Waals surface area contributed by atoms with Crippen LogP contribution >= 0.6 is 0 Å². The number of rotatable bonds is 3. The molecule has 96 valence electrons. The summed E-state index contributed by atoms with van der Waals surface area (Å²) < 4.78 is 0. The highest BCUT2D eigenvalue weighted by atomic mass is 16.3. The van der Waals surface area contributed by atoms with Gasteiger partial charge in [-0.2, -0.15) is 0 Å². The third-order valence-corrected chi connectivity index (χ3v) is 3.38. The second kappa shape index (κ2) is 5.12. The van der Waals surface area contributed by atoms with E-state index in [1.54, 1.807) is 0 Å². The molecule has 0 bridgehead atoms. The Morgan fingerprint density at radius 3 is 2.18 bits per heavy atom. The number of aromatic hydroxyl groups is 1. The van der Waals surface area contributed by atoms with Crippen molar-refractivity contribution in [2.75, 3.05) is 0 Å². The van der Waals surface area contributed by atoms with E-state index in [1.807, 2.05) is 13.0 Å². The van der Waals surface area contributed by atoms with E-state index in [1.165, 1.54) is 12.0 Å². The minimum atomic E-state index is 0.258. The third kappa shape index (κ3) is 3.76. The topological polar surface area (TPSA) is 20.2 Å². The molecule has 0 aliphatic carbocycles. The molecule has 1 aromatic carbocycles. The van der Waals surface area contributed by atoms with Crippen molar-refractivity contribution in [1.29, 1.82) is 0 Å². The molecule has 1 N–H and O–H groups in total. The van der Waals surface area contributed by atoms with E-state index >= 15 is 0 Å². The molecule has 1 aromatic rings. The Morgan fingerprint density at radius 1 is 1.18 bits per heavy atom. The van der Waals surface area contributed by atoms with E-state index in [-0.39, 0.29) is 5.41 Å². The molecule has 1 rings (SSSR count). The van der Waals surface area contributed by atoms with Crippen LogP contribution in [0.4, 0.5) is 0 Å². The van der Waals surface area contributed by atoms with Gasteiger partial charge in [0.2, 0.25) is 0 Å². The molecule has 1 heteroatoms. The quantitative estimate of drug-likeness (QED) is 0.790. The first-order valence-electron chi connectivity index (χ1n) is 6.51. The number of benzene rings is 1. The fourth-order valence-corrected chi connectivity index (χ4v) is 2.36. The summed E-state index contributed by atoms with van der Waals surface area (Å²) in [6.07, 6.45) is 1.19. The molecule has 0 fully saturated rings. The summed E-state index contributed by atoms with van der Waals surface area (Å²) in [6.45, 7) is 13.4. The molecule has 1 unspecified atom stereocenters. The molecule has 1 atom stereocenters. The van der Waals surface area contributed by atoms with Crippen molar-refractivity contribution in [3.05, 3.63) is 29.3 Å². The lowest BCUT2D eigenvalue weighted by Gasteiger charge is -2.33. The third-order valence-electron chi connectivity index (χ3n) is 3.38. The fraction of sp³-hybridized carbons (Fsp3) is 0.625. The minimum absolute atomic E-state index is 0.258. The Kier molecular flexibility index (Phi) is 4.24. The Morgan fingerprint density at radius 2 is 1.76 bits per heavy atom. The van der Waals surface area contributed by atoms with Gasteiger partial charge in [-0.3, -0.25) is 0 Å². The zero-order valence-electron chi connectivity index (χ0n) is 12.0. The van der Waals surface area contributed by atoms with Crippen LogP contribution in [0, 0.1) is 18.3 Å². The highest BCUT2D eigenvalue weighted by Gasteiger charge is 2.27. The molecule has 0 aliphatic heterocycles. The summed E-state index contributed by atoms with van der Waals surface area (Å²) in [5, 5.41) is 9.61. The zero-order valence-corrected chi connectivity index (χ0v) is 12.0. The number of hydrogen-bond donors (Lipinski definition) is 1. The van der Waals surface area contributed by atoms with E-state index in [9.17, 15) is 5.11 Å². The van der Waals surface area contributed by atoms with Crippen molar-refractivity contribution in [3.63, 3.8) is 0 Å². The lowest BCUT2D eigenvalue weighted by atomic mass is 9.72. The van der Waals surface area contributed by atoms with Gasteiger partial charge in [0.1, 0.15) is 5.75 Å². The van der Waals surface area contributed by atoms with Crippen molar-refractivity contribution in [2.45, 2.75) is 53.9 Å². The SMILES string of the molecule is Cc1cc(C(CC(C)C)C(C)(C)C)ccc1O. The Bertz CT molecular complexity index is 372. The number of phenolic OH excluding ortho intramolecular Hbond substituents is 1. The average Bonchev–Trinajstić information content (AvgIpc) is 2.17. The molecular weight excluding hydrogens is 208 g/mol. The first-order chi connectivity index (χ1) is 7.71. The first kappa shape index (κ1) is 14.1. The monoisotopic (exact) mass is 234 g/mol. The van der Waals surface area contributed by atoms with Crippen molar-refractivity contribution < 1.29 is 5.11 Å². The summed E-state index contributed by atoms with van der Waals surface area (Å²) in [7, 11) is 0. The van der Waals surface area contributed by atoms with Crippen molar-refractivity contribution in [1.82, 2.24) is 0 Å². The van der Waals surface area contributed by atoms with Crippen molar-refractivity contribution in [2.24, 2.45) is 11.3 Å². The maximum Gasteiger partial charge on any atom is 0.118 e. The molecule has 0 aliphatic rings. The second-order valence-corrected chi connectivity index (χ2v) is 6.59. The lowest BCUT2D eigenvalue weighted by molar-refractivity contribution is 0.279. The molecule has 0 saturated heterocycles. The summed E-state index contributed by atoms with van der Waals surface area (Å²) >= 11 is 0. The molecule has 0 radical (unpaired) electrons. The highest BCUT2D eigenvalue weighted by molar-refractivity contribution is 5.37. The molecule has 0 amide bonds. The molecular formula is C16H26O. The van der Waals surface area contributed by atoms with E-state index in [0.717, 1.165) is 5.56 Å². The predicted molar refractivity (Wildman–Crippen MR) is 74.5 cm³/mol. The maximum absolute atomic E-state index is 9.61. The first-order valence-corrected chi connectivity index (χ1v) is 6.51. The fourth-order valence-electron chi connectivity index (χ4n) is 2.36. The smallest absolute Gasteiger partial charge is 0.118 e. The van der Waals surface area contributed by atoms with Crippen LogP contribution in [0.15, 0.2) is 18.2 Å². The highest BCUT2D eigenvalue weighted by Crippen LogP contribution is 2.40. The van der Waals surface area contributed by atoms with Gasteiger partial charge in [-0.15, -0.1) is 0 Å². The molecule has 0 heterocycles. The van der Waals surface area contributed by atoms with Crippen LogP contribution in [0.2, 0.25) is 0 Å². The number of aryl methyl sites for hydroxylation is 1. The van der Waals surface area contributed by atoms with Gasteiger partial charge >= 0.3 is 0 Å². The molecule has 17 heavy (non-hydrogen) atoms. The van der Waals surface area contributed by atoms with Crippen molar-refractivity contribution >= 4 is 0 Å². The van der Waals surface area contributed by atoms with Crippen LogP contribution in [0.5, 0.6) is 5.75 Å². The van der Waals surface area contributed by atoms with Crippen LogP contribution in [0.1, 0.15) is 58.1 Å². The van der Waals surface area contributed by atoms with Gasteiger partial charge in [-0.1, -0.05) is 46.8 Å². The molecule has 0 aromatic heterocycles. The lowest BCUT2D eigenvalue weighted by Crippen LogP contribution is -2.20. The summed E-state index contributed by atoms with van der Waals surface area (Å²) in [6, 6.07) is 6.03. The Hall–Kier alpha value is -0.980. The standard InChI is InChI=1S/C16H26O/c1-11(2)9-14(16(4,5)6)13-7-8-15(17)12(3)10-13/h7-8,10-11,14,17H,9H2,1-6H3. The number of hydrogen-bond acceptors (Lipinski definition) is 1. The van der Waals surface area contributed by atoms with E-state index in [0.29, 0.717) is 17.6 Å². The Balaban J connectivity index is 3.09. The van der Waals surface area contributed by atoms with Gasteiger partial charge in [0, 0.05) is 0 Å². The van der Waals surface area contributed by atoms with Gasteiger partial charge in [-0.05, 0) is 47.8 Å². The second-order valence-electron chi connectivity index (χ2n) is 6.59. The molecule has 1 nitrogen and oxygen atoms in total. The summed E-state index contributed by atoms with van der Waals surface area (Å²) in [5.74, 6) is 1.63. The summed E-state index contributed by atoms with van der Waals surface area (Å²) in [4.78, 5) is 0. The van der Waals surface area contributed by atoms with Crippen LogP contribution in [-0.2, 0) is 0 Å². The molecule has 0 spiro atoms.